The molecule has 3 aromatic rings. The van der Waals surface area contributed by atoms with Gasteiger partial charge in [-0.1, -0.05) is 78.9 Å². The van der Waals surface area contributed by atoms with Crippen molar-refractivity contribution in [1.82, 2.24) is 10.6 Å². The fourth-order valence-electron chi connectivity index (χ4n) is 3.00. The average Bonchev–Trinajstić information content (AvgIpc) is 2.78. The topological polar surface area (TPSA) is 84.5 Å². The van der Waals surface area contributed by atoms with Crippen molar-refractivity contribution in [2.75, 3.05) is 7.05 Å². The number of hydrogen-bond acceptors (Lipinski definition) is 4. The van der Waals surface area contributed by atoms with Gasteiger partial charge in [0.25, 0.3) is 5.91 Å². The minimum Gasteiger partial charge on any atom is -0.444 e. The highest BCUT2D eigenvalue weighted by molar-refractivity contribution is 5.99. The molecular weight excluding hydrogens is 380 g/mol. The molecule has 0 fully saturated rings. The second-order valence-corrected chi connectivity index (χ2v) is 6.58. The lowest BCUT2D eigenvalue weighted by molar-refractivity contribution is -0.129. The van der Waals surface area contributed by atoms with E-state index in [0.29, 0.717) is 17.5 Å². The molecule has 6 nitrogen and oxygen atoms in total. The lowest BCUT2D eigenvalue weighted by atomic mass is 10.00. The third kappa shape index (κ3) is 5.32. The second-order valence-electron chi connectivity index (χ2n) is 6.58. The summed E-state index contributed by atoms with van der Waals surface area (Å²) in [5.41, 5.74) is 2.67. The summed E-state index contributed by atoms with van der Waals surface area (Å²) in [7, 11) is 1.39. The van der Waals surface area contributed by atoms with Gasteiger partial charge in [-0.25, -0.2) is 9.59 Å². The summed E-state index contributed by atoms with van der Waals surface area (Å²) >= 11 is 0. The molecular formula is C24H22N2O4. The van der Waals surface area contributed by atoms with Crippen LogP contribution in [0.25, 0.3) is 0 Å². The van der Waals surface area contributed by atoms with E-state index in [4.69, 9.17) is 4.74 Å². The van der Waals surface area contributed by atoms with Gasteiger partial charge in [0.1, 0.15) is 0 Å². The van der Waals surface area contributed by atoms with E-state index in [1.54, 1.807) is 42.5 Å². The van der Waals surface area contributed by atoms with Gasteiger partial charge >= 0.3 is 12.0 Å². The van der Waals surface area contributed by atoms with Crippen LogP contribution in [-0.4, -0.2) is 25.0 Å². The summed E-state index contributed by atoms with van der Waals surface area (Å²) in [6, 6.07) is 24.8. The zero-order valence-corrected chi connectivity index (χ0v) is 16.5. The highest BCUT2D eigenvalue weighted by atomic mass is 16.5. The predicted molar refractivity (Wildman–Crippen MR) is 113 cm³/mol. The Hall–Kier alpha value is -3.93. The molecule has 30 heavy (non-hydrogen) atoms. The molecule has 0 aliphatic carbocycles. The van der Waals surface area contributed by atoms with Gasteiger partial charge in [-0.15, -0.1) is 0 Å². The zero-order valence-electron chi connectivity index (χ0n) is 16.5. The molecule has 0 aliphatic rings. The molecule has 0 spiro atoms. The van der Waals surface area contributed by atoms with Crippen LogP contribution < -0.4 is 10.6 Å². The maximum Gasteiger partial charge on any atom is 0.339 e. The van der Waals surface area contributed by atoms with Gasteiger partial charge < -0.3 is 10.1 Å². The number of esters is 1. The molecule has 0 radical (unpaired) electrons. The van der Waals surface area contributed by atoms with E-state index in [1.165, 1.54) is 7.05 Å². The van der Waals surface area contributed by atoms with Crippen molar-refractivity contribution < 1.29 is 19.1 Å². The summed E-state index contributed by atoms with van der Waals surface area (Å²) in [5.74, 6) is -1.36. The van der Waals surface area contributed by atoms with E-state index >= 15 is 0 Å². The molecule has 0 aliphatic heterocycles. The number of amides is 3. The first kappa shape index (κ1) is 20.8. The first-order chi connectivity index (χ1) is 14.6. The van der Waals surface area contributed by atoms with Gasteiger partial charge in [0.15, 0.2) is 0 Å². The highest BCUT2D eigenvalue weighted by Crippen LogP contribution is 2.22. The molecule has 2 N–H and O–H groups in total. The number of imide groups is 1. The molecule has 0 bridgehead atoms. The summed E-state index contributed by atoms with van der Waals surface area (Å²) < 4.78 is 5.58. The van der Waals surface area contributed by atoms with Gasteiger partial charge in [0, 0.05) is 12.6 Å². The molecule has 0 saturated carbocycles. The van der Waals surface area contributed by atoms with Crippen LogP contribution in [0.5, 0.6) is 0 Å². The lowest BCUT2D eigenvalue weighted by Gasteiger charge is -2.18. The molecule has 6 heteroatoms. The third-order valence-electron chi connectivity index (χ3n) is 4.50. The SMILES string of the molecule is CNC(=O)NC(=O)[C@@H](OC(=O)c1ccccc1Cc1ccccc1)c1ccccc1. The predicted octanol–water partition coefficient (Wildman–Crippen LogP) is 3.63. The second kappa shape index (κ2) is 10.0. The van der Waals surface area contributed by atoms with Crippen LogP contribution in [0.3, 0.4) is 0 Å². The fraction of sp³-hybridized carbons (Fsp3) is 0.125. The van der Waals surface area contributed by atoms with E-state index in [9.17, 15) is 14.4 Å². The van der Waals surface area contributed by atoms with Crippen molar-refractivity contribution in [3.63, 3.8) is 0 Å². The van der Waals surface area contributed by atoms with Crippen molar-refractivity contribution in [1.29, 1.82) is 0 Å². The Morgan fingerprint density at radius 1 is 0.833 bits per heavy atom. The van der Waals surface area contributed by atoms with Crippen LogP contribution in [0.4, 0.5) is 4.79 Å². The molecule has 3 amide bonds. The standard InChI is InChI=1S/C24H22N2O4/c1-25-24(29)26-22(27)21(18-12-6-3-7-13-18)30-23(28)20-15-9-8-14-19(20)16-17-10-4-2-5-11-17/h2-15,21H,16H2,1H3,(H2,25,26,27,29)/t21-/m0/s1. The Kier molecular flexibility index (Phi) is 6.95. The number of nitrogens with one attached hydrogen (secondary N) is 2. The quantitative estimate of drug-likeness (QED) is 0.617. The van der Waals surface area contributed by atoms with Crippen LogP contribution in [0.15, 0.2) is 84.9 Å². The van der Waals surface area contributed by atoms with Gasteiger partial charge in [-0.2, -0.15) is 0 Å². The van der Waals surface area contributed by atoms with E-state index in [0.717, 1.165) is 11.1 Å². The van der Waals surface area contributed by atoms with Crippen molar-refractivity contribution in [3.05, 3.63) is 107 Å². The van der Waals surface area contributed by atoms with Crippen molar-refractivity contribution >= 4 is 17.9 Å². The largest absolute Gasteiger partial charge is 0.444 e. The molecule has 1 atom stereocenters. The van der Waals surface area contributed by atoms with Crippen LogP contribution in [0.1, 0.15) is 33.2 Å². The first-order valence-electron chi connectivity index (χ1n) is 9.49. The summed E-state index contributed by atoms with van der Waals surface area (Å²) in [6.45, 7) is 0. The third-order valence-corrected chi connectivity index (χ3v) is 4.50. The summed E-state index contributed by atoms with van der Waals surface area (Å²) in [6.07, 6.45) is -0.715. The Bertz CT molecular complexity index is 1020. The van der Waals surface area contributed by atoms with Gasteiger partial charge in [0.2, 0.25) is 6.10 Å². The Labute approximate surface area is 174 Å². The molecule has 3 rings (SSSR count). The number of benzene rings is 3. The zero-order chi connectivity index (χ0) is 21.3. The Balaban J connectivity index is 1.86. The molecule has 0 aromatic heterocycles. The number of carbonyl (C=O) groups excluding carboxylic acids is 3. The molecule has 0 unspecified atom stereocenters. The average molecular weight is 402 g/mol. The lowest BCUT2D eigenvalue weighted by Crippen LogP contribution is -2.41. The number of carbonyl (C=O) groups is 3. The number of urea groups is 1. The number of hydrogen-bond donors (Lipinski definition) is 2. The molecule has 0 heterocycles. The molecule has 3 aromatic carbocycles. The van der Waals surface area contributed by atoms with Crippen molar-refractivity contribution in [2.45, 2.75) is 12.5 Å². The number of ether oxygens (including phenoxy) is 1. The van der Waals surface area contributed by atoms with Crippen LogP contribution in [-0.2, 0) is 16.0 Å². The van der Waals surface area contributed by atoms with Crippen molar-refractivity contribution in [3.8, 4) is 0 Å². The normalized spacial score (nSPS) is 11.2. The van der Waals surface area contributed by atoms with E-state index in [2.05, 4.69) is 10.6 Å². The Morgan fingerprint density at radius 3 is 2.10 bits per heavy atom. The minimum absolute atomic E-state index is 0.370. The minimum atomic E-state index is -1.26. The van der Waals surface area contributed by atoms with Crippen molar-refractivity contribution in [2.24, 2.45) is 0 Å². The van der Waals surface area contributed by atoms with E-state index in [1.807, 2.05) is 42.5 Å². The van der Waals surface area contributed by atoms with Crippen LogP contribution in [0.2, 0.25) is 0 Å². The maximum atomic E-state index is 13.0. The maximum absolute atomic E-state index is 13.0. The van der Waals surface area contributed by atoms with Crippen LogP contribution in [0, 0.1) is 0 Å². The fourth-order valence-corrected chi connectivity index (χ4v) is 3.00. The highest BCUT2D eigenvalue weighted by Gasteiger charge is 2.27. The first-order valence-corrected chi connectivity index (χ1v) is 9.49. The summed E-state index contributed by atoms with van der Waals surface area (Å²) in [4.78, 5) is 37.2. The van der Waals surface area contributed by atoms with Gasteiger partial charge in [-0.05, 0) is 23.6 Å². The monoisotopic (exact) mass is 402 g/mol. The Morgan fingerprint density at radius 2 is 1.43 bits per heavy atom. The molecule has 152 valence electrons. The van der Waals surface area contributed by atoms with Crippen LogP contribution >= 0.6 is 0 Å². The van der Waals surface area contributed by atoms with E-state index < -0.39 is 24.0 Å². The van der Waals surface area contributed by atoms with E-state index in [-0.39, 0.29) is 0 Å². The summed E-state index contributed by atoms with van der Waals surface area (Å²) in [5, 5.41) is 4.49. The van der Waals surface area contributed by atoms with Gasteiger partial charge in [-0.3, -0.25) is 10.1 Å². The molecule has 0 saturated heterocycles. The van der Waals surface area contributed by atoms with Gasteiger partial charge in [0.05, 0.1) is 5.56 Å². The number of rotatable bonds is 6. The smallest absolute Gasteiger partial charge is 0.339 e.